The highest BCUT2D eigenvalue weighted by Gasteiger charge is 2.15. The van der Waals surface area contributed by atoms with Crippen LogP contribution in [0.25, 0.3) is 0 Å². The van der Waals surface area contributed by atoms with Crippen LogP contribution in [0.2, 0.25) is 5.02 Å². The summed E-state index contributed by atoms with van der Waals surface area (Å²) in [6, 6.07) is 8.17. The maximum atomic E-state index is 13.7. The maximum absolute atomic E-state index is 13.7. The molecule has 2 aromatic rings. The van der Waals surface area contributed by atoms with Crippen LogP contribution < -0.4 is 10.5 Å². The zero-order chi connectivity index (χ0) is 14.0. The Hall–Kier alpha value is -2.14. The molecular formula is C13H9ClF2N2O. The molecule has 0 atom stereocenters. The zero-order valence-corrected chi connectivity index (χ0v) is 10.3. The Morgan fingerprint density at radius 3 is 2.26 bits per heavy atom. The van der Waals surface area contributed by atoms with Crippen LogP contribution in [0.4, 0.5) is 8.78 Å². The molecule has 19 heavy (non-hydrogen) atoms. The lowest BCUT2D eigenvalue weighted by Crippen LogP contribution is -2.12. The fraction of sp³-hybridized carbons (Fsp3) is 0. The van der Waals surface area contributed by atoms with Crippen molar-refractivity contribution in [1.29, 1.82) is 5.41 Å². The number of benzene rings is 2. The van der Waals surface area contributed by atoms with Crippen molar-refractivity contribution in [2.24, 2.45) is 5.73 Å². The molecule has 0 heterocycles. The quantitative estimate of drug-likeness (QED) is 0.666. The number of hydrogen-bond donors (Lipinski definition) is 2. The predicted molar refractivity (Wildman–Crippen MR) is 68.9 cm³/mol. The molecule has 0 saturated heterocycles. The molecule has 2 rings (SSSR count). The minimum absolute atomic E-state index is 0.0542. The fourth-order valence-corrected chi connectivity index (χ4v) is 1.62. The second kappa shape index (κ2) is 5.24. The van der Waals surface area contributed by atoms with Gasteiger partial charge < -0.3 is 10.5 Å². The van der Waals surface area contributed by atoms with Gasteiger partial charge in [-0.3, -0.25) is 5.41 Å². The molecule has 0 spiro atoms. The topological polar surface area (TPSA) is 59.1 Å². The monoisotopic (exact) mass is 282 g/mol. The van der Waals surface area contributed by atoms with Gasteiger partial charge in [-0.05, 0) is 24.3 Å². The summed E-state index contributed by atoms with van der Waals surface area (Å²) in [4.78, 5) is 0. The number of hydrogen-bond acceptors (Lipinski definition) is 2. The Labute approximate surface area is 113 Å². The Kier molecular flexibility index (Phi) is 3.66. The first-order valence-corrected chi connectivity index (χ1v) is 5.62. The molecule has 0 aliphatic rings. The van der Waals surface area contributed by atoms with E-state index in [1.54, 1.807) is 12.1 Å². The number of halogens is 3. The number of nitrogens with one attached hydrogen (secondary N) is 1. The summed E-state index contributed by atoms with van der Waals surface area (Å²) < 4.78 is 32.6. The minimum Gasteiger partial charge on any atom is -0.450 e. The lowest BCUT2D eigenvalue weighted by molar-refractivity contribution is 0.407. The number of ether oxygens (including phenoxy) is 1. The third kappa shape index (κ3) is 2.82. The first kappa shape index (κ1) is 13.3. The van der Waals surface area contributed by atoms with Gasteiger partial charge in [-0.15, -0.1) is 0 Å². The first-order chi connectivity index (χ1) is 8.99. The number of amidine groups is 1. The molecule has 2 aromatic carbocycles. The number of para-hydroxylation sites is 1. The maximum Gasteiger partial charge on any atom is 0.198 e. The van der Waals surface area contributed by atoms with Crippen molar-refractivity contribution in [3.63, 3.8) is 0 Å². The van der Waals surface area contributed by atoms with Gasteiger partial charge in [-0.1, -0.05) is 23.7 Å². The van der Waals surface area contributed by atoms with Crippen molar-refractivity contribution in [3.05, 3.63) is 58.6 Å². The third-order valence-electron chi connectivity index (χ3n) is 2.36. The van der Waals surface area contributed by atoms with E-state index in [1.165, 1.54) is 12.1 Å². The zero-order valence-electron chi connectivity index (χ0n) is 9.58. The van der Waals surface area contributed by atoms with Gasteiger partial charge in [0.1, 0.15) is 11.6 Å². The molecule has 0 unspecified atom stereocenters. The molecule has 0 amide bonds. The van der Waals surface area contributed by atoms with Crippen molar-refractivity contribution in [2.45, 2.75) is 0 Å². The summed E-state index contributed by atoms with van der Waals surface area (Å²) in [5.74, 6) is -2.78. The van der Waals surface area contributed by atoms with Crippen LogP contribution in [-0.2, 0) is 0 Å². The predicted octanol–water partition coefficient (Wildman–Crippen LogP) is 3.69. The van der Waals surface area contributed by atoms with Crippen molar-refractivity contribution >= 4 is 17.4 Å². The second-order valence-electron chi connectivity index (χ2n) is 3.72. The van der Waals surface area contributed by atoms with E-state index in [2.05, 4.69) is 0 Å². The number of nitrogen functional groups attached to an aromatic ring is 1. The van der Waals surface area contributed by atoms with E-state index in [0.717, 1.165) is 12.1 Å². The third-order valence-corrected chi connectivity index (χ3v) is 2.67. The second-order valence-corrected chi connectivity index (χ2v) is 4.12. The van der Waals surface area contributed by atoms with Crippen molar-refractivity contribution in [2.75, 3.05) is 0 Å². The molecule has 3 nitrogen and oxygen atoms in total. The van der Waals surface area contributed by atoms with Gasteiger partial charge in [-0.25, -0.2) is 8.78 Å². The molecule has 0 saturated carbocycles. The summed E-state index contributed by atoms with van der Waals surface area (Å²) >= 11 is 5.84. The summed E-state index contributed by atoms with van der Waals surface area (Å²) in [5, 5.41) is 7.37. The smallest absolute Gasteiger partial charge is 0.198 e. The standard InChI is InChI=1S/C13H9ClF2N2O/c14-8-3-1-2-4-11(8)19-12-9(15)5-7(13(17)18)6-10(12)16/h1-6H,(H3,17,18). The number of nitrogens with two attached hydrogens (primary N) is 1. The molecule has 0 bridgehead atoms. The van der Waals surface area contributed by atoms with Crippen LogP contribution in [-0.4, -0.2) is 5.84 Å². The van der Waals surface area contributed by atoms with Gasteiger partial charge in [0.05, 0.1) is 5.02 Å². The molecule has 0 fully saturated rings. The highest BCUT2D eigenvalue weighted by atomic mass is 35.5. The Bertz CT molecular complexity index is 623. The summed E-state index contributed by atoms with van der Waals surface area (Å²) in [5.41, 5.74) is 5.11. The van der Waals surface area contributed by atoms with Crippen LogP contribution in [0.1, 0.15) is 5.56 Å². The minimum atomic E-state index is -0.954. The van der Waals surface area contributed by atoms with Crippen LogP contribution in [0.15, 0.2) is 36.4 Å². The molecule has 0 aromatic heterocycles. The van der Waals surface area contributed by atoms with E-state index in [-0.39, 0.29) is 16.3 Å². The lowest BCUT2D eigenvalue weighted by Gasteiger charge is -2.10. The van der Waals surface area contributed by atoms with E-state index >= 15 is 0 Å². The molecule has 0 aliphatic carbocycles. The summed E-state index contributed by atoms with van der Waals surface area (Å²) in [6.07, 6.45) is 0. The van der Waals surface area contributed by atoms with Gasteiger partial charge in [0.25, 0.3) is 0 Å². The Morgan fingerprint density at radius 1 is 1.16 bits per heavy atom. The van der Waals surface area contributed by atoms with Crippen LogP contribution in [0, 0.1) is 17.0 Å². The van der Waals surface area contributed by atoms with Gasteiger partial charge in [0, 0.05) is 5.56 Å². The first-order valence-electron chi connectivity index (χ1n) is 5.25. The van der Waals surface area contributed by atoms with E-state index in [1.807, 2.05) is 0 Å². The molecule has 0 radical (unpaired) electrons. The van der Waals surface area contributed by atoms with Crippen LogP contribution in [0.5, 0.6) is 11.5 Å². The normalized spacial score (nSPS) is 10.3. The van der Waals surface area contributed by atoms with Crippen molar-refractivity contribution in [1.82, 2.24) is 0 Å². The Morgan fingerprint density at radius 2 is 1.74 bits per heavy atom. The lowest BCUT2D eigenvalue weighted by atomic mass is 10.2. The van der Waals surface area contributed by atoms with Gasteiger partial charge in [0.15, 0.2) is 17.4 Å². The summed E-state index contributed by atoms with van der Waals surface area (Å²) in [7, 11) is 0. The molecule has 98 valence electrons. The van der Waals surface area contributed by atoms with E-state index in [0.29, 0.717) is 0 Å². The van der Waals surface area contributed by atoms with Crippen molar-refractivity contribution in [3.8, 4) is 11.5 Å². The van der Waals surface area contributed by atoms with Crippen molar-refractivity contribution < 1.29 is 13.5 Å². The van der Waals surface area contributed by atoms with Crippen LogP contribution >= 0.6 is 11.6 Å². The van der Waals surface area contributed by atoms with Gasteiger partial charge >= 0.3 is 0 Å². The molecule has 6 heteroatoms. The fourth-order valence-electron chi connectivity index (χ4n) is 1.45. The molecule has 3 N–H and O–H groups in total. The Balaban J connectivity index is 2.42. The van der Waals surface area contributed by atoms with E-state index in [9.17, 15) is 8.78 Å². The largest absolute Gasteiger partial charge is 0.450 e. The molecular weight excluding hydrogens is 274 g/mol. The van der Waals surface area contributed by atoms with E-state index < -0.39 is 23.2 Å². The average molecular weight is 283 g/mol. The number of rotatable bonds is 3. The molecule has 0 aliphatic heterocycles. The average Bonchev–Trinajstić information content (AvgIpc) is 2.35. The highest BCUT2D eigenvalue weighted by molar-refractivity contribution is 6.32. The van der Waals surface area contributed by atoms with Gasteiger partial charge in [0.2, 0.25) is 0 Å². The van der Waals surface area contributed by atoms with E-state index in [4.69, 9.17) is 27.5 Å². The van der Waals surface area contributed by atoms with Crippen LogP contribution in [0.3, 0.4) is 0 Å². The SMILES string of the molecule is N=C(N)c1cc(F)c(Oc2ccccc2Cl)c(F)c1. The summed E-state index contributed by atoms with van der Waals surface area (Å²) in [6.45, 7) is 0. The van der Waals surface area contributed by atoms with Gasteiger partial charge in [-0.2, -0.15) is 0 Å². The highest BCUT2D eigenvalue weighted by Crippen LogP contribution is 2.32.